The van der Waals surface area contributed by atoms with Crippen molar-refractivity contribution >= 4 is 24.5 Å². The molecule has 0 saturated carbocycles. The average molecular weight is 300 g/mol. The van der Waals surface area contributed by atoms with Crippen molar-refractivity contribution in [3.8, 4) is 12.1 Å². The Balaban J connectivity index is 2.30. The van der Waals surface area contributed by atoms with Crippen LogP contribution in [0, 0.1) is 17.2 Å². The Morgan fingerprint density at radius 2 is 2.14 bits per heavy atom. The van der Waals surface area contributed by atoms with Gasteiger partial charge in [-0.15, -0.1) is 11.3 Å². The lowest BCUT2D eigenvalue weighted by molar-refractivity contribution is 0.250. The summed E-state index contributed by atoms with van der Waals surface area (Å²) in [5.74, 6) is -0.180. The van der Waals surface area contributed by atoms with Crippen LogP contribution >= 0.6 is 11.3 Å². The van der Waals surface area contributed by atoms with Crippen LogP contribution in [0.15, 0.2) is 12.3 Å². The monoisotopic (exact) mass is 300 g/mol. The van der Waals surface area contributed by atoms with Gasteiger partial charge in [0.05, 0.1) is 23.7 Å². The van der Waals surface area contributed by atoms with Crippen LogP contribution < -0.4 is 14.6 Å². The number of nitriles is 1. The molecule has 0 aliphatic rings. The Morgan fingerprint density at radius 1 is 1.38 bits per heavy atom. The summed E-state index contributed by atoms with van der Waals surface area (Å²) in [5.41, 5.74) is 0.569. The van der Waals surface area contributed by atoms with E-state index in [0.29, 0.717) is 28.6 Å². The molecule has 0 aromatic carbocycles. The quantitative estimate of drug-likeness (QED) is 0.835. The van der Waals surface area contributed by atoms with Crippen LogP contribution in [0.2, 0.25) is 0 Å². The van der Waals surface area contributed by atoms with E-state index in [1.807, 2.05) is 13.8 Å². The summed E-state index contributed by atoms with van der Waals surface area (Å²) < 4.78 is 6.25. The molecule has 0 saturated heterocycles. The minimum absolute atomic E-state index is 0.280. The summed E-state index contributed by atoms with van der Waals surface area (Å²) in [6.07, 6.45) is 1.59. The molecule has 21 heavy (non-hydrogen) atoms. The zero-order valence-electron chi connectivity index (χ0n) is 12.0. The van der Waals surface area contributed by atoms with Gasteiger partial charge >= 0.3 is 6.01 Å². The van der Waals surface area contributed by atoms with Crippen molar-refractivity contribution in [3.63, 3.8) is 0 Å². The maximum Gasteiger partial charge on any atom is 0.316 e. The van der Waals surface area contributed by atoms with Gasteiger partial charge in [0, 0.05) is 10.7 Å². The van der Waals surface area contributed by atoms with E-state index in [9.17, 15) is 5.26 Å². The van der Waals surface area contributed by atoms with Gasteiger partial charge in [0.1, 0.15) is 10.9 Å². The summed E-state index contributed by atoms with van der Waals surface area (Å²) in [5, 5.41) is 10.7. The highest BCUT2D eigenvalue weighted by atomic mass is 32.1. The summed E-state index contributed by atoms with van der Waals surface area (Å²) in [4.78, 5) is 12.6. The maximum absolute atomic E-state index is 9.42. The number of ether oxygens (including phenoxy) is 1. The standard InChI is InChI=1S/C15H16N4OS/c1-9(2)8-20-15-17-6-5-13(19-15)12(7-16)14-18-10(3)11(4)21-14/h5-6,9,12H,3-4,8H2,1-2H3. The lowest BCUT2D eigenvalue weighted by Gasteiger charge is -2.09. The predicted octanol–water partition coefficient (Wildman–Crippen LogP) is 1.44. The van der Waals surface area contributed by atoms with Crippen molar-refractivity contribution < 1.29 is 4.74 Å². The molecular formula is C15H16N4OS. The molecule has 2 aromatic rings. The first-order valence-electron chi connectivity index (χ1n) is 6.51. The number of nitrogens with zero attached hydrogens (tertiary/aromatic N) is 4. The number of thiazole rings is 1. The molecule has 5 nitrogen and oxygen atoms in total. The molecule has 0 aliphatic heterocycles. The molecule has 0 radical (unpaired) electrons. The molecule has 108 valence electrons. The van der Waals surface area contributed by atoms with Crippen molar-refractivity contribution in [1.82, 2.24) is 15.0 Å². The van der Waals surface area contributed by atoms with E-state index >= 15 is 0 Å². The SMILES string of the molecule is C=c1nc(C(C#N)c2ccnc(OCC(C)C)n2)sc1=C. The Hall–Kier alpha value is -2.26. The van der Waals surface area contributed by atoms with Gasteiger partial charge in [-0.05, 0) is 12.0 Å². The van der Waals surface area contributed by atoms with Crippen molar-refractivity contribution in [2.75, 3.05) is 6.61 Å². The Labute approximate surface area is 127 Å². The van der Waals surface area contributed by atoms with Crippen LogP contribution in [0.5, 0.6) is 6.01 Å². The van der Waals surface area contributed by atoms with Gasteiger partial charge in [-0.2, -0.15) is 10.2 Å². The van der Waals surface area contributed by atoms with Crippen molar-refractivity contribution in [2.45, 2.75) is 19.8 Å². The minimum atomic E-state index is -0.560. The fraction of sp³-hybridized carbons (Fsp3) is 0.333. The van der Waals surface area contributed by atoms with Crippen LogP contribution in [-0.2, 0) is 0 Å². The van der Waals surface area contributed by atoms with Gasteiger partial charge in [0.15, 0.2) is 0 Å². The van der Waals surface area contributed by atoms with Gasteiger partial charge in [0.25, 0.3) is 0 Å². The van der Waals surface area contributed by atoms with Gasteiger partial charge in [0.2, 0.25) is 0 Å². The Kier molecular flexibility index (Phi) is 4.66. The first-order chi connectivity index (χ1) is 10.0. The number of hydrogen-bond donors (Lipinski definition) is 0. The van der Waals surface area contributed by atoms with E-state index in [2.05, 4.69) is 34.2 Å². The van der Waals surface area contributed by atoms with Crippen molar-refractivity contribution in [1.29, 1.82) is 5.26 Å². The number of hydrogen-bond acceptors (Lipinski definition) is 6. The fourth-order valence-electron chi connectivity index (χ4n) is 1.60. The lowest BCUT2D eigenvalue weighted by Crippen LogP contribution is -2.16. The molecule has 0 fully saturated rings. The maximum atomic E-state index is 9.42. The molecule has 6 heteroatoms. The molecule has 0 spiro atoms. The summed E-state index contributed by atoms with van der Waals surface area (Å²) in [7, 11) is 0. The van der Waals surface area contributed by atoms with Crippen molar-refractivity contribution in [3.05, 3.63) is 32.8 Å². The molecule has 0 aliphatic carbocycles. The molecule has 1 atom stereocenters. The Morgan fingerprint density at radius 3 is 2.71 bits per heavy atom. The fourth-order valence-corrected chi connectivity index (χ4v) is 2.46. The number of aromatic nitrogens is 3. The van der Waals surface area contributed by atoms with E-state index < -0.39 is 5.92 Å². The summed E-state index contributed by atoms with van der Waals surface area (Å²) >= 11 is 1.36. The van der Waals surface area contributed by atoms with Crippen LogP contribution in [0.4, 0.5) is 0 Å². The van der Waals surface area contributed by atoms with Crippen LogP contribution in [0.1, 0.15) is 30.5 Å². The average Bonchev–Trinajstić information content (AvgIpc) is 2.77. The summed E-state index contributed by atoms with van der Waals surface area (Å²) in [6.45, 7) is 12.3. The molecule has 2 rings (SSSR count). The van der Waals surface area contributed by atoms with Gasteiger partial charge < -0.3 is 4.74 Å². The smallest absolute Gasteiger partial charge is 0.316 e. The third-order valence-corrected chi connectivity index (χ3v) is 3.69. The summed E-state index contributed by atoms with van der Waals surface area (Å²) in [6, 6.07) is 4.19. The predicted molar refractivity (Wildman–Crippen MR) is 82.2 cm³/mol. The van der Waals surface area contributed by atoms with E-state index in [-0.39, 0.29) is 6.01 Å². The van der Waals surface area contributed by atoms with E-state index in [1.54, 1.807) is 12.3 Å². The molecule has 0 N–H and O–H groups in total. The van der Waals surface area contributed by atoms with Gasteiger partial charge in [-0.25, -0.2) is 9.97 Å². The van der Waals surface area contributed by atoms with Crippen LogP contribution in [0.25, 0.3) is 13.2 Å². The largest absolute Gasteiger partial charge is 0.463 e. The second-order valence-corrected chi connectivity index (χ2v) is 6.07. The molecular weight excluding hydrogens is 284 g/mol. The second-order valence-electron chi connectivity index (χ2n) is 4.95. The van der Waals surface area contributed by atoms with E-state index in [0.717, 1.165) is 4.53 Å². The van der Waals surface area contributed by atoms with E-state index in [1.165, 1.54) is 11.3 Å². The molecule has 2 heterocycles. The zero-order valence-corrected chi connectivity index (χ0v) is 12.9. The van der Waals surface area contributed by atoms with Crippen molar-refractivity contribution in [2.24, 2.45) is 5.92 Å². The molecule has 0 bridgehead atoms. The Bertz CT molecular complexity index is 735. The molecule has 1 unspecified atom stereocenters. The minimum Gasteiger partial charge on any atom is -0.463 e. The number of rotatable bonds is 5. The third-order valence-electron chi connectivity index (χ3n) is 2.67. The van der Waals surface area contributed by atoms with Crippen LogP contribution in [0.3, 0.4) is 0 Å². The topological polar surface area (TPSA) is 71.7 Å². The first-order valence-corrected chi connectivity index (χ1v) is 7.33. The van der Waals surface area contributed by atoms with Crippen LogP contribution in [-0.4, -0.2) is 21.6 Å². The van der Waals surface area contributed by atoms with Gasteiger partial charge in [-0.1, -0.05) is 27.0 Å². The molecule has 0 amide bonds. The second kappa shape index (κ2) is 6.46. The lowest BCUT2D eigenvalue weighted by atomic mass is 10.1. The normalized spacial score (nSPS) is 12.1. The highest BCUT2D eigenvalue weighted by molar-refractivity contribution is 7.09. The highest BCUT2D eigenvalue weighted by Gasteiger charge is 2.19. The highest BCUT2D eigenvalue weighted by Crippen LogP contribution is 2.22. The van der Waals surface area contributed by atoms with Gasteiger partial charge in [-0.3, -0.25) is 0 Å². The zero-order chi connectivity index (χ0) is 15.4. The van der Waals surface area contributed by atoms with E-state index in [4.69, 9.17) is 4.74 Å². The third kappa shape index (κ3) is 3.64. The first kappa shape index (κ1) is 15.1. The molecule has 2 aromatic heterocycles.